The Bertz CT molecular complexity index is 618. The first-order valence-corrected chi connectivity index (χ1v) is 9.07. The number of hydrogen-bond acceptors (Lipinski definition) is 5. The zero-order valence-corrected chi connectivity index (χ0v) is 13.5. The number of thioether (sulfide) groups is 1. The molecule has 3 aliphatic rings. The van der Waals surface area contributed by atoms with Gasteiger partial charge in [-0.2, -0.15) is 0 Å². The van der Waals surface area contributed by atoms with E-state index in [1.165, 1.54) is 0 Å². The van der Waals surface area contributed by atoms with Crippen LogP contribution < -0.4 is 5.32 Å². The predicted octanol–water partition coefficient (Wildman–Crippen LogP) is 1.67. The fourth-order valence-corrected chi connectivity index (χ4v) is 4.40. The zero-order chi connectivity index (χ0) is 15.8. The van der Waals surface area contributed by atoms with Crippen molar-refractivity contribution in [2.45, 2.75) is 31.1 Å². The van der Waals surface area contributed by atoms with Crippen molar-refractivity contribution in [1.82, 2.24) is 5.32 Å². The first-order valence-electron chi connectivity index (χ1n) is 8.09. The second-order valence-corrected chi connectivity index (χ2v) is 7.43. The molecular weight excluding hydrogens is 312 g/mol. The van der Waals surface area contributed by atoms with Crippen molar-refractivity contribution in [3.8, 4) is 0 Å². The number of aliphatic imine (C=N–C) groups is 1. The first kappa shape index (κ1) is 15.2. The minimum Gasteiger partial charge on any atom is -0.390 e. The van der Waals surface area contributed by atoms with Crippen molar-refractivity contribution in [1.29, 1.82) is 0 Å². The maximum atomic E-state index is 12.2. The Morgan fingerprint density at radius 2 is 2.13 bits per heavy atom. The van der Waals surface area contributed by atoms with Gasteiger partial charge in [-0.15, -0.1) is 0 Å². The summed E-state index contributed by atoms with van der Waals surface area (Å²) in [5.41, 5.74) is 0.627. The molecule has 2 aliphatic heterocycles. The van der Waals surface area contributed by atoms with Gasteiger partial charge in [0.15, 0.2) is 5.17 Å². The van der Waals surface area contributed by atoms with E-state index in [9.17, 15) is 9.90 Å². The molecule has 2 fully saturated rings. The molecule has 2 N–H and O–H groups in total. The van der Waals surface area contributed by atoms with Crippen LogP contribution in [0, 0.1) is 11.8 Å². The van der Waals surface area contributed by atoms with E-state index in [1.807, 2.05) is 18.2 Å². The van der Waals surface area contributed by atoms with E-state index in [0.29, 0.717) is 23.3 Å². The van der Waals surface area contributed by atoms with Crippen molar-refractivity contribution in [3.05, 3.63) is 35.9 Å². The molecule has 0 aromatic heterocycles. The van der Waals surface area contributed by atoms with Crippen LogP contribution in [0.15, 0.2) is 35.3 Å². The number of hydrogen-bond donors (Lipinski definition) is 2. The molecule has 4 rings (SSSR count). The molecule has 0 radical (unpaired) electrons. The number of nitrogens with zero attached hydrogens (tertiary/aromatic N) is 1. The summed E-state index contributed by atoms with van der Waals surface area (Å²) in [6, 6.07) is 9.18. The number of aliphatic hydroxyl groups is 1. The predicted molar refractivity (Wildman–Crippen MR) is 89.6 cm³/mol. The third-order valence-corrected chi connectivity index (χ3v) is 5.80. The average Bonchev–Trinajstić information content (AvgIpc) is 3.35. The molecule has 23 heavy (non-hydrogen) atoms. The molecule has 1 saturated heterocycles. The van der Waals surface area contributed by atoms with Crippen molar-refractivity contribution >= 4 is 22.8 Å². The molecule has 5 nitrogen and oxygen atoms in total. The van der Waals surface area contributed by atoms with E-state index in [4.69, 9.17) is 4.74 Å². The smallest absolute Gasteiger partial charge is 0.257 e. The Kier molecular flexibility index (Phi) is 4.13. The van der Waals surface area contributed by atoms with E-state index < -0.39 is 0 Å². The molecule has 1 aromatic rings. The molecular formula is C17H20N2O3S. The van der Waals surface area contributed by atoms with Gasteiger partial charge in [-0.25, -0.2) is 0 Å². The molecule has 4 atom stereocenters. The molecule has 2 heterocycles. The molecule has 3 unspecified atom stereocenters. The molecule has 0 spiro atoms. The van der Waals surface area contributed by atoms with Crippen LogP contribution >= 0.6 is 11.8 Å². The Balaban J connectivity index is 1.41. The summed E-state index contributed by atoms with van der Waals surface area (Å²) in [4.78, 5) is 16.8. The van der Waals surface area contributed by atoms with E-state index in [-0.39, 0.29) is 30.1 Å². The van der Waals surface area contributed by atoms with Gasteiger partial charge in [0.25, 0.3) is 5.91 Å². The quantitative estimate of drug-likeness (QED) is 0.883. The normalized spacial score (nSPS) is 31.2. The summed E-state index contributed by atoms with van der Waals surface area (Å²) in [5.74, 6) is 1.34. The highest BCUT2D eigenvalue weighted by molar-refractivity contribution is 8.13. The summed E-state index contributed by atoms with van der Waals surface area (Å²) in [7, 11) is 0. The fourth-order valence-electron chi connectivity index (χ4n) is 3.26. The van der Waals surface area contributed by atoms with Crippen LogP contribution in [0.5, 0.6) is 0 Å². The lowest BCUT2D eigenvalue weighted by atomic mass is 9.93. The highest BCUT2D eigenvalue weighted by Gasteiger charge is 2.47. The van der Waals surface area contributed by atoms with Crippen LogP contribution in [0.2, 0.25) is 0 Å². The average molecular weight is 332 g/mol. The van der Waals surface area contributed by atoms with E-state index in [1.54, 1.807) is 23.9 Å². The lowest BCUT2D eigenvalue weighted by molar-refractivity contribution is -0.0262. The van der Waals surface area contributed by atoms with Gasteiger partial charge < -0.3 is 15.2 Å². The van der Waals surface area contributed by atoms with Gasteiger partial charge in [0.1, 0.15) is 0 Å². The summed E-state index contributed by atoms with van der Waals surface area (Å²) >= 11 is 1.54. The lowest BCUT2D eigenvalue weighted by Crippen LogP contribution is -2.41. The van der Waals surface area contributed by atoms with Gasteiger partial charge in [-0.05, 0) is 30.9 Å². The number of benzene rings is 1. The summed E-state index contributed by atoms with van der Waals surface area (Å²) in [5, 5.41) is 13.9. The first-order chi connectivity index (χ1) is 11.2. The second kappa shape index (κ2) is 6.26. The van der Waals surface area contributed by atoms with Crippen LogP contribution in [-0.2, 0) is 4.74 Å². The number of aliphatic hydroxyl groups excluding tert-OH is 1. The van der Waals surface area contributed by atoms with Crippen LogP contribution in [0.1, 0.15) is 23.2 Å². The number of fused-ring (bicyclic) bond motifs is 1. The minimum absolute atomic E-state index is 0.0423. The molecule has 6 heteroatoms. The third kappa shape index (κ3) is 3.16. The van der Waals surface area contributed by atoms with E-state index in [2.05, 4.69) is 10.3 Å². The van der Waals surface area contributed by atoms with Crippen molar-refractivity contribution in [2.24, 2.45) is 16.8 Å². The standard InChI is InChI=1S/C17H20N2O3S/c20-14(10-6-7-10)15-12-9-23-17(18-13(12)8-22-15)19-16(21)11-4-2-1-3-5-11/h1-5,10,12-15,20H,6-9H2,(H,18,19,21)/t12?,13?,14-,15?/m0/s1. The number of amidine groups is 1. The number of ether oxygens (including phenoxy) is 1. The van der Waals surface area contributed by atoms with Gasteiger partial charge in [-0.3, -0.25) is 9.79 Å². The van der Waals surface area contributed by atoms with Crippen LogP contribution in [0.4, 0.5) is 0 Å². The highest BCUT2D eigenvalue weighted by atomic mass is 32.2. The van der Waals surface area contributed by atoms with Gasteiger partial charge in [-0.1, -0.05) is 30.0 Å². The van der Waals surface area contributed by atoms with E-state index in [0.717, 1.165) is 18.6 Å². The minimum atomic E-state index is -0.360. The van der Waals surface area contributed by atoms with E-state index >= 15 is 0 Å². The number of carbonyl (C=O) groups is 1. The molecule has 122 valence electrons. The van der Waals surface area contributed by atoms with Crippen molar-refractivity contribution in [2.75, 3.05) is 12.4 Å². The zero-order valence-electron chi connectivity index (χ0n) is 12.7. The summed E-state index contributed by atoms with van der Waals surface area (Å²) in [6.45, 7) is 0.532. The topological polar surface area (TPSA) is 70.9 Å². The largest absolute Gasteiger partial charge is 0.390 e. The Labute approximate surface area is 139 Å². The highest BCUT2D eigenvalue weighted by Crippen LogP contribution is 2.41. The Morgan fingerprint density at radius 1 is 1.35 bits per heavy atom. The second-order valence-electron chi connectivity index (χ2n) is 6.42. The van der Waals surface area contributed by atoms with Gasteiger partial charge in [0.05, 0.1) is 24.9 Å². The maximum Gasteiger partial charge on any atom is 0.257 e. The molecule has 1 saturated carbocycles. The number of amides is 1. The fraction of sp³-hybridized carbons (Fsp3) is 0.529. The molecule has 1 amide bonds. The number of nitrogens with one attached hydrogen (secondary N) is 1. The SMILES string of the molecule is O=C(NC1=NC2COC([C@@H](O)C3CC3)C2CS1)c1ccccc1. The van der Waals surface area contributed by atoms with Crippen molar-refractivity contribution in [3.63, 3.8) is 0 Å². The molecule has 0 bridgehead atoms. The van der Waals surface area contributed by atoms with Gasteiger partial charge in [0.2, 0.25) is 0 Å². The van der Waals surface area contributed by atoms with Crippen LogP contribution in [0.3, 0.4) is 0 Å². The maximum absolute atomic E-state index is 12.2. The summed E-state index contributed by atoms with van der Waals surface area (Å²) < 4.78 is 5.82. The van der Waals surface area contributed by atoms with Gasteiger partial charge >= 0.3 is 0 Å². The van der Waals surface area contributed by atoms with Crippen molar-refractivity contribution < 1.29 is 14.6 Å². The monoisotopic (exact) mass is 332 g/mol. The number of carbonyl (C=O) groups excluding carboxylic acids is 1. The lowest BCUT2D eigenvalue weighted by Gasteiger charge is -2.28. The molecule has 1 aromatic carbocycles. The van der Waals surface area contributed by atoms with Crippen LogP contribution in [0.25, 0.3) is 0 Å². The summed E-state index contributed by atoms with van der Waals surface area (Å²) in [6.07, 6.45) is 1.75. The Morgan fingerprint density at radius 3 is 2.87 bits per heavy atom. The van der Waals surface area contributed by atoms with Gasteiger partial charge in [0, 0.05) is 17.2 Å². The third-order valence-electron chi connectivity index (χ3n) is 4.77. The molecule has 1 aliphatic carbocycles. The Hall–Kier alpha value is -1.37. The van der Waals surface area contributed by atoms with Crippen LogP contribution in [-0.4, -0.2) is 46.8 Å². The number of rotatable bonds is 3.